The summed E-state index contributed by atoms with van der Waals surface area (Å²) in [5.74, 6) is 1.37. The number of anilines is 1. The number of rotatable bonds is 6. The molecule has 1 unspecified atom stereocenters. The Kier molecular flexibility index (Phi) is 5.67. The predicted molar refractivity (Wildman–Crippen MR) is 138 cm³/mol. The molecule has 184 valence electrons. The van der Waals surface area contributed by atoms with Gasteiger partial charge in [-0.2, -0.15) is 0 Å². The molecule has 1 atom stereocenters. The van der Waals surface area contributed by atoms with Gasteiger partial charge in [0.25, 0.3) is 11.8 Å². The van der Waals surface area contributed by atoms with Gasteiger partial charge in [0.15, 0.2) is 11.5 Å². The average molecular weight is 483 g/mol. The van der Waals surface area contributed by atoms with Gasteiger partial charge in [-0.1, -0.05) is 30.3 Å². The van der Waals surface area contributed by atoms with Gasteiger partial charge in [0.05, 0.1) is 19.3 Å². The van der Waals surface area contributed by atoms with Crippen molar-refractivity contribution in [3.8, 4) is 11.5 Å². The Bertz CT molecular complexity index is 1340. The number of carbonyl (C=O) groups excluding carboxylic acids is 2. The first-order chi connectivity index (χ1) is 17.5. The van der Waals surface area contributed by atoms with Crippen molar-refractivity contribution >= 4 is 17.5 Å². The van der Waals surface area contributed by atoms with Crippen LogP contribution in [0.2, 0.25) is 0 Å². The van der Waals surface area contributed by atoms with Crippen molar-refractivity contribution in [2.75, 3.05) is 12.0 Å². The largest absolute Gasteiger partial charge is 0.493 e. The minimum Gasteiger partial charge on any atom is -0.493 e. The highest BCUT2D eigenvalue weighted by molar-refractivity contribution is 6.11. The van der Waals surface area contributed by atoms with Crippen LogP contribution >= 0.6 is 0 Å². The Balaban J connectivity index is 1.25. The molecule has 1 aliphatic carbocycles. The number of amides is 2. The van der Waals surface area contributed by atoms with E-state index in [0.29, 0.717) is 30.2 Å². The highest BCUT2D eigenvalue weighted by Crippen LogP contribution is 2.42. The van der Waals surface area contributed by atoms with E-state index >= 15 is 0 Å². The molecule has 6 rings (SSSR count). The molecule has 0 radical (unpaired) electrons. The van der Waals surface area contributed by atoms with Gasteiger partial charge < -0.3 is 19.3 Å². The maximum atomic E-state index is 13.6. The first kappa shape index (κ1) is 22.7. The van der Waals surface area contributed by atoms with E-state index in [1.165, 1.54) is 12.8 Å². The monoisotopic (exact) mass is 482 g/mol. The average Bonchev–Trinajstić information content (AvgIpc) is 3.58. The fraction of sp³-hybridized carbons (Fsp3) is 0.333. The zero-order valence-corrected chi connectivity index (χ0v) is 20.7. The van der Waals surface area contributed by atoms with E-state index in [1.807, 2.05) is 77.4 Å². The zero-order valence-electron chi connectivity index (χ0n) is 20.7. The molecule has 2 heterocycles. The molecule has 6 nitrogen and oxygen atoms in total. The number of benzene rings is 3. The summed E-state index contributed by atoms with van der Waals surface area (Å²) in [6, 6.07) is 19.4. The van der Waals surface area contributed by atoms with Crippen LogP contribution in [0.15, 0.2) is 60.7 Å². The lowest BCUT2D eigenvalue weighted by molar-refractivity contribution is 0.0766. The standard InChI is InChI=1S/C30H30N2O4/c1-19-24-13-11-20(17-31-18-21-7-3-6-10-25(21)29(31)33)15-26(24)30(34)32(19)22-12-14-27(35-2)28(16-22)36-23-8-4-5-9-23/h3,6-7,10-16,19,23H,4-5,8-9,17-18H2,1-2H3. The summed E-state index contributed by atoms with van der Waals surface area (Å²) < 4.78 is 11.8. The van der Waals surface area contributed by atoms with E-state index in [4.69, 9.17) is 9.47 Å². The summed E-state index contributed by atoms with van der Waals surface area (Å²) in [6.45, 7) is 3.12. The number of fused-ring (bicyclic) bond motifs is 2. The summed E-state index contributed by atoms with van der Waals surface area (Å²) in [5.41, 5.74) is 5.26. The van der Waals surface area contributed by atoms with Gasteiger partial charge >= 0.3 is 0 Å². The molecule has 3 aliphatic rings. The first-order valence-corrected chi connectivity index (χ1v) is 12.7. The number of methoxy groups -OCH3 is 1. The Labute approximate surface area is 211 Å². The molecule has 2 aliphatic heterocycles. The van der Waals surface area contributed by atoms with Crippen LogP contribution in [0.5, 0.6) is 11.5 Å². The molecular formula is C30H30N2O4. The van der Waals surface area contributed by atoms with Crippen molar-refractivity contribution in [1.29, 1.82) is 0 Å². The summed E-state index contributed by atoms with van der Waals surface area (Å²) in [4.78, 5) is 30.1. The SMILES string of the molecule is COc1ccc(N2C(=O)c3cc(CN4Cc5ccccc5C4=O)ccc3C2C)cc1OC1CCCC1. The minimum atomic E-state index is -0.105. The third kappa shape index (κ3) is 3.81. The normalized spacial score (nSPS) is 19.1. The Morgan fingerprint density at radius 1 is 0.889 bits per heavy atom. The van der Waals surface area contributed by atoms with Crippen LogP contribution in [0, 0.1) is 0 Å². The molecule has 0 bridgehead atoms. The van der Waals surface area contributed by atoms with Crippen molar-refractivity contribution in [2.45, 2.75) is 57.8 Å². The van der Waals surface area contributed by atoms with Crippen molar-refractivity contribution in [3.05, 3.63) is 88.5 Å². The van der Waals surface area contributed by atoms with Crippen LogP contribution < -0.4 is 14.4 Å². The first-order valence-electron chi connectivity index (χ1n) is 12.7. The van der Waals surface area contributed by atoms with E-state index < -0.39 is 0 Å². The zero-order chi connectivity index (χ0) is 24.8. The molecular weight excluding hydrogens is 452 g/mol. The van der Waals surface area contributed by atoms with E-state index in [2.05, 4.69) is 0 Å². The van der Waals surface area contributed by atoms with Crippen molar-refractivity contribution in [2.24, 2.45) is 0 Å². The maximum Gasteiger partial charge on any atom is 0.259 e. The molecule has 0 N–H and O–H groups in total. The number of hydrogen-bond donors (Lipinski definition) is 0. The molecule has 6 heteroatoms. The number of carbonyl (C=O) groups is 2. The molecule has 3 aromatic carbocycles. The molecule has 1 fully saturated rings. The van der Waals surface area contributed by atoms with Crippen LogP contribution in [0.4, 0.5) is 5.69 Å². The van der Waals surface area contributed by atoms with Crippen LogP contribution in [-0.4, -0.2) is 29.9 Å². The smallest absolute Gasteiger partial charge is 0.259 e. The molecule has 3 aromatic rings. The van der Waals surface area contributed by atoms with E-state index in [9.17, 15) is 9.59 Å². The van der Waals surface area contributed by atoms with Gasteiger partial charge in [0.1, 0.15) is 0 Å². The molecule has 36 heavy (non-hydrogen) atoms. The van der Waals surface area contributed by atoms with Crippen LogP contribution in [0.3, 0.4) is 0 Å². The van der Waals surface area contributed by atoms with E-state index in [0.717, 1.165) is 40.8 Å². The van der Waals surface area contributed by atoms with Crippen LogP contribution in [-0.2, 0) is 13.1 Å². The second-order valence-corrected chi connectivity index (χ2v) is 9.95. The molecule has 1 saturated carbocycles. The predicted octanol–water partition coefficient (Wildman–Crippen LogP) is 5.89. The lowest BCUT2D eigenvalue weighted by Crippen LogP contribution is -2.26. The van der Waals surface area contributed by atoms with Gasteiger partial charge in [-0.05, 0) is 73.6 Å². The summed E-state index contributed by atoms with van der Waals surface area (Å²) >= 11 is 0. The third-order valence-corrected chi connectivity index (χ3v) is 7.70. The molecule has 0 saturated heterocycles. The lowest BCUT2D eigenvalue weighted by atomic mass is 10.0. The molecule has 0 aromatic heterocycles. The number of hydrogen-bond acceptors (Lipinski definition) is 4. The fourth-order valence-electron chi connectivity index (χ4n) is 5.79. The molecule has 0 spiro atoms. The lowest BCUT2D eigenvalue weighted by Gasteiger charge is -2.24. The Morgan fingerprint density at radius 2 is 1.69 bits per heavy atom. The molecule has 2 amide bonds. The highest BCUT2D eigenvalue weighted by atomic mass is 16.5. The topological polar surface area (TPSA) is 59.1 Å². The summed E-state index contributed by atoms with van der Waals surface area (Å²) in [6.07, 6.45) is 4.65. The quantitative estimate of drug-likeness (QED) is 0.439. The minimum absolute atomic E-state index is 0.0348. The van der Waals surface area contributed by atoms with E-state index in [-0.39, 0.29) is 24.0 Å². The maximum absolute atomic E-state index is 13.6. The Morgan fingerprint density at radius 3 is 2.47 bits per heavy atom. The van der Waals surface area contributed by atoms with Gasteiger partial charge in [-0.3, -0.25) is 9.59 Å². The summed E-state index contributed by atoms with van der Waals surface area (Å²) in [7, 11) is 1.64. The van der Waals surface area contributed by atoms with Gasteiger partial charge in [-0.15, -0.1) is 0 Å². The van der Waals surface area contributed by atoms with Crippen molar-refractivity contribution < 1.29 is 19.1 Å². The summed E-state index contributed by atoms with van der Waals surface area (Å²) in [5, 5.41) is 0. The van der Waals surface area contributed by atoms with Crippen LogP contribution in [0.1, 0.15) is 76.1 Å². The number of ether oxygens (including phenoxy) is 2. The van der Waals surface area contributed by atoms with Crippen molar-refractivity contribution in [1.82, 2.24) is 4.90 Å². The van der Waals surface area contributed by atoms with Gasteiger partial charge in [0, 0.05) is 36.0 Å². The van der Waals surface area contributed by atoms with Gasteiger partial charge in [-0.25, -0.2) is 0 Å². The van der Waals surface area contributed by atoms with Crippen molar-refractivity contribution in [3.63, 3.8) is 0 Å². The highest BCUT2D eigenvalue weighted by Gasteiger charge is 2.36. The second kappa shape index (κ2) is 9.01. The third-order valence-electron chi connectivity index (χ3n) is 7.70. The van der Waals surface area contributed by atoms with Gasteiger partial charge in [0.2, 0.25) is 0 Å². The van der Waals surface area contributed by atoms with Crippen LogP contribution in [0.25, 0.3) is 0 Å². The second-order valence-electron chi connectivity index (χ2n) is 9.95. The Hall–Kier alpha value is -3.80. The number of nitrogens with zero attached hydrogens (tertiary/aromatic N) is 2. The van der Waals surface area contributed by atoms with E-state index in [1.54, 1.807) is 7.11 Å². The fourth-order valence-corrected chi connectivity index (χ4v) is 5.79.